The summed E-state index contributed by atoms with van der Waals surface area (Å²) in [5.74, 6) is -0.993. The van der Waals surface area contributed by atoms with Gasteiger partial charge in [-0.15, -0.1) is 0 Å². The van der Waals surface area contributed by atoms with Crippen LogP contribution in [0.1, 0.15) is 24.8 Å². The molecule has 4 rings (SSSR count). The van der Waals surface area contributed by atoms with E-state index in [1.54, 1.807) is 0 Å². The fourth-order valence-electron chi connectivity index (χ4n) is 5.23. The predicted molar refractivity (Wildman–Crippen MR) is 98.8 cm³/mol. The molecule has 3 aliphatic rings. The fraction of sp³-hybridized carbons (Fsp3) is 0.600. The average molecular weight is 377 g/mol. The van der Waals surface area contributed by atoms with Gasteiger partial charge in [-0.3, -0.25) is 14.5 Å². The third kappa shape index (κ3) is 3.35. The monoisotopic (exact) mass is 376 g/mol. The topological polar surface area (TPSA) is 60.9 Å². The Kier molecular flexibility index (Phi) is 4.93. The second-order valence-electron chi connectivity index (χ2n) is 7.95. The Balaban J connectivity index is 1.36. The summed E-state index contributed by atoms with van der Waals surface area (Å²) in [6, 6.07) is 7.87. The Labute approximate surface area is 158 Å². The maximum absolute atomic E-state index is 13.0. The Hall–Kier alpha value is -1.59. The van der Waals surface area contributed by atoms with Crippen molar-refractivity contribution in [3.05, 3.63) is 34.9 Å². The summed E-state index contributed by atoms with van der Waals surface area (Å²) in [4.78, 5) is 28.9. The number of piperazine rings is 1. The van der Waals surface area contributed by atoms with Gasteiger partial charge in [0.25, 0.3) is 0 Å². The van der Waals surface area contributed by atoms with Gasteiger partial charge in [0.15, 0.2) is 0 Å². The third-order valence-electron chi connectivity index (χ3n) is 6.47. The van der Waals surface area contributed by atoms with Crippen molar-refractivity contribution in [1.82, 2.24) is 9.80 Å². The lowest BCUT2D eigenvalue weighted by Crippen LogP contribution is -2.52. The number of carbonyl (C=O) groups excluding carboxylic acids is 1. The third-order valence-corrected chi connectivity index (χ3v) is 6.70. The number of halogens is 1. The number of nitrogens with zero attached hydrogens (tertiary/aromatic N) is 2. The minimum atomic E-state index is -0.782. The molecule has 3 fully saturated rings. The molecule has 140 valence electrons. The molecule has 0 spiro atoms. The summed E-state index contributed by atoms with van der Waals surface area (Å²) < 4.78 is 0. The molecule has 2 aliphatic carbocycles. The van der Waals surface area contributed by atoms with Crippen LogP contribution in [0.2, 0.25) is 5.02 Å². The maximum atomic E-state index is 13.0. The predicted octanol–water partition coefficient (Wildman–Crippen LogP) is 2.73. The lowest BCUT2D eigenvalue weighted by Gasteiger charge is -2.38. The number of carboxylic acid groups (broad SMARTS) is 1. The number of benzene rings is 1. The van der Waals surface area contributed by atoms with Crippen molar-refractivity contribution in [3.63, 3.8) is 0 Å². The molecular weight excluding hydrogens is 352 g/mol. The highest BCUT2D eigenvalue weighted by Gasteiger charge is 2.54. The molecule has 1 amide bonds. The van der Waals surface area contributed by atoms with Crippen molar-refractivity contribution in [2.24, 2.45) is 23.7 Å². The molecule has 2 bridgehead atoms. The van der Waals surface area contributed by atoms with Gasteiger partial charge >= 0.3 is 5.97 Å². The van der Waals surface area contributed by atoms with Gasteiger partial charge in [0.2, 0.25) is 5.91 Å². The highest BCUT2D eigenvalue weighted by molar-refractivity contribution is 6.30. The van der Waals surface area contributed by atoms with E-state index in [1.165, 1.54) is 5.56 Å². The number of rotatable bonds is 4. The molecule has 0 radical (unpaired) electrons. The number of carbonyl (C=O) groups is 2. The molecule has 6 heteroatoms. The average Bonchev–Trinajstić information content (AvgIpc) is 3.23. The van der Waals surface area contributed by atoms with Crippen molar-refractivity contribution >= 4 is 23.5 Å². The first-order chi connectivity index (χ1) is 12.5. The maximum Gasteiger partial charge on any atom is 0.307 e. The van der Waals surface area contributed by atoms with Crippen LogP contribution < -0.4 is 0 Å². The standard InChI is InChI=1S/C20H25ClN2O3/c21-16-3-1-2-13(10-16)12-22-6-8-23(9-7-22)19(24)17-14-4-5-15(11-14)18(17)20(25)26/h1-3,10,14-15,17-18H,4-9,11-12H2,(H,25,26)/t14-,15-,17-,18+/m0/s1. The van der Waals surface area contributed by atoms with Crippen LogP contribution in [0.5, 0.6) is 0 Å². The Morgan fingerprint density at radius 1 is 1.08 bits per heavy atom. The van der Waals surface area contributed by atoms with Crippen LogP contribution in [0.4, 0.5) is 0 Å². The van der Waals surface area contributed by atoms with Crippen molar-refractivity contribution in [1.29, 1.82) is 0 Å². The Bertz CT molecular complexity index is 702. The van der Waals surface area contributed by atoms with Crippen LogP contribution in [-0.2, 0) is 16.1 Å². The summed E-state index contributed by atoms with van der Waals surface area (Å²) >= 11 is 6.05. The van der Waals surface area contributed by atoms with Gasteiger partial charge in [-0.1, -0.05) is 23.7 Å². The number of aliphatic carboxylic acids is 1. The first kappa shape index (κ1) is 17.8. The number of amides is 1. The van der Waals surface area contributed by atoms with E-state index < -0.39 is 11.9 Å². The van der Waals surface area contributed by atoms with Gasteiger partial charge in [0, 0.05) is 37.7 Å². The molecule has 5 nitrogen and oxygen atoms in total. The van der Waals surface area contributed by atoms with Gasteiger partial charge in [0.1, 0.15) is 0 Å². The van der Waals surface area contributed by atoms with Crippen molar-refractivity contribution in [2.75, 3.05) is 26.2 Å². The van der Waals surface area contributed by atoms with Gasteiger partial charge in [-0.25, -0.2) is 0 Å². The van der Waals surface area contributed by atoms with E-state index in [1.807, 2.05) is 23.1 Å². The summed E-state index contributed by atoms with van der Waals surface area (Å²) in [6.45, 7) is 3.82. The van der Waals surface area contributed by atoms with E-state index in [-0.39, 0.29) is 23.7 Å². The molecule has 0 aromatic heterocycles. The fourth-order valence-corrected chi connectivity index (χ4v) is 5.45. The molecule has 1 aromatic carbocycles. The lowest BCUT2D eigenvalue weighted by molar-refractivity contribution is -0.153. The Morgan fingerprint density at radius 2 is 1.77 bits per heavy atom. The first-order valence-electron chi connectivity index (χ1n) is 9.51. The summed E-state index contributed by atoms with van der Waals surface area (Å²) in [7, 11) is 0. The van der Waals surface area contributed by atoms with Crippen LogP contribution in [0.25, 0.3) is 0 Å². The summed E-state index contributed by atoms with van der Waals surface area (Å²) in [5.41, 5.74) is 1.18. The van der Waals surface area contributed by atoms with E-state index >= 15 is 0 Å². The normalized spacial score (nSPS) is 31.3. The molecule has 1 N–H and O–H groups in total. The molecule has 1 aliphatic heterocycles. The number of fused-ring (bicyclic) bond motifs is 2. The lowest BCUT2D eigenvalue weighted by atomic mass is 9.78. The second-order valence-corrected chi connectivity index (χ2v) is 8.39. The Morgan fingerprint density at radius 3 is 2.42 bits per heavy atom. The minimum Gasteiger partial charge on any atom is -0.481 e. The van der Waals surface area contributed by atoms with E-state index in [2.05, 4.69) is 11.0 Å². The molecule has 2 saturated carbocycles. The van der Waals surface area contributed by atoms with Crippen LogP contribution in [0.15, 0.2) is 24.3 Å². The number of hydrogen-bond acceptors (Lipinski definition) is 3. The number of hydrogen-bond donors (Lipinski definition) is 1. The van der Waals surface area contributed by atoms with Gasteiger partial charge in [-0.05, 0) is 48.8 Å². The van der Waals surface area contributed by atoms with Gasteiger partial charge in [-0.2, -0.15) is 0 Å². The van der Waals surface area contributed by atoms with E-state index in [4.69, 9.17) is 11.6 Å². The molecule has 1 aromatic rings. The van der Waals surface area contributed by atoms with Crippen LogP contribution >= 0.6 is 11.6 Å². The van der Waals surface area contributed by atoms with Crippen LogP contribution in [-0.4, -0.2) is 53.0 Å². The highest BCUT2D eigenvalue weighted by atomic mass is 35.5. The largest absolute Gasteiger partial charge is 0.481 e. The number of carboxylic acids is 1. The van der Waals surface area contributed by atoms with Crippen LogP contribution in [0, 0.1) is 23.7 Å². The molecular formula is C20H25ClN2O3. The highest BCUT2D eigenvalue weighted by Crippen LogP contribution is 2.53. The zero-order chi connectivity index (χ0) is 18.3. The van der Waals surface area contributed by atoms with Gasteiger partial charge in [0.05, 0.1) is 11.8 Å². The smallest absolute Gasteiger partial charge is 0.307 e. The zero-order valence-electron chi connectivity index (χ0n) is 14.8. The van der Waals surface area contributed by atoms with Crippen molar-refractivity contribution in [2.45, 2.75) is 25.8 Å². The zero-order valence-corrected chi connectivity index (χ0v) is 15.6. The van der Waals surface area contributed by atoms with E-state index in [9.17, 15) is 14.7 Å². The SMILES string of the molecule is O=C(O)[C@@H]1[C@H]2CC[C@@H](C2)[C@@H]1C(=O)N1CCN(Cc2cccc(Cl)c2)CC1. The molecule has 26 heavy (non-hydrogen) atoms. The molecule has 4 atom stereocenters. The van der Waals surface area contributed by atoms with Crippen molar-refractivity contribution in [3.8, 4) is 0 Å². The van der Waals surface area contributed by atoms with Gasteiger partial charge < -0.3 is 10.0 Å². The van der Waals surface area contributed by atoms with Crippen LogP contribution in [0.3, 0.4) is 0 Å². The summed E-state index contributed by atoms with van der Waals surface area (Å²) in [5, 5.41) is 10.3. The molecule has 1 saturated heterocycles. The second kappa shape index (κ2) is 7.20. The quantitative estimate of drug-likeness (QED) is 0.877. The molecule has 0 unspecified atom stereocenters. The molecule has 1 heterocycles. The van der Waals surface area contributed by atoms with Crippen molar-refractivity contribution < 1.29 is 14.7 Å². The summed E-state index contributed by atoms with van der Waals surface area (Å²) in [6.07, 6.45) is 2.90. The van der Waals surface area contributed by atoms with E-state index in [0.29, 0.717) is 13.1 Å². The first-order valence-corrected chi connectivity index (χ1v) is 9.89. The minimum absolute atomic E-state index is 0.0759. The van der Waals surface area contributed by atoms with E-state index in [0.717, 1.165) is 43.9 Å².